The second kappa shape index (κ2) is 10.3. The third kappa shape index (κ3) is 8.48. The molecule has 0 aromatic carbocycles. The van der Waals surface area contributed by atoms with Gasteiger partial charge in [-0.1, -0.05) is 132 Å². The second-order valence-electron chi connectivity index (χ2n) is 17.6. The quantitative estimate of drug-likeness (QED) is 0.398. The molecule has 0 amide bonds. The Morgan fingerprint density at radius 3 is 0.529 bits per heavy atom. The van der Waals surface area contributed by atoms with Gasteiger partial charge in [0.15, 0.2) is 0 Å². The van der Waals surface area contributed by atoms with Crippen LogP contribution in [0.4, 0.5) is 0 Å². The summed E-state index contributed by atoms with van der Waals surface area (Å²) in [5.74, 6) is 0. The minimum Gasteiger partial charge on any atom is -0.273 e. The van der Waals surface area contributed by atoms with E-state index in [1.165, 1.54) is 0 Å². The molecule has 0 bridgehead atoms. The summed E-state index contributed by atoms with van der Waals surface area (Å²) in [6.07, 6.45) is 0. The largest absolute Gasteiger partial charge is 0.273 e. The maximum atomic E-state index is 2.82. The lowest BCUT2D eigenvalue weighted by atomic mass is 9.69. The van der Waals surface area contributed by atoms with Crippen molar-refractivity contribution in [2.24, 2.45) is 32.5 Å². The first kappa shape index (κ1) is 33.9. The fraction of sp³-hybridized carbons (Fsp3) is 1.00. The monoisotopic (exact) mass is 482 g/mol. The van der Waals surface area contributed by atoms with E-state index in [2.05, 4.69) is 139 Å². The van der Waals surface area contributed by atoms with Crippen LogP contribution in [-0.4, -0.2) is 52.8 Å². The van der Waals surface area contributed by atoms with Crippen molar-refractivity contribution in [1.29, 1.82) is 0 Å². The molecule has 0 aliphatic carbocycles. The normalized spacial score (nSPS) is 19.3. The van der Waals surface area contributed by atoms with Crippen molar-refractivity contribution in [3.05, 3.63) is 0 Å². The van der Waals surface area contributed by atoms with Crippen LogP contribution in [0.25, 0.3) is 0 Å². The number of rotatable bonds is 3. The highest BCUT2D eigenvalue weighted by atomic mass is 15.5. The molecule has 1 fully saturated rings. The van der Waals surface area contributed by atoms with E-state index in [9.17, 15) is 0 Å². The van der Waals surface area contributed by atoms with E-state index < -0.39 is 0 Å². The van der Waals surface area contributed by atoms with Crippen LogP contribution in [0.1, 0.15) is 132 Å². The van der Waals surface area contributed by atoms with Gasteiger partial charge >= 0.3 is 0 Å². The predicted octanol–water partition coefficient (Wildman–Crippen LogP) is 8.80. The molecule has 0 aromatic rings. The Bertz CT molecular complexity index is 484. The van der Waals surface area contributed by atoms with Gasteiger partial charge in [0, 0.05) is 18.1 Å². The molecule has 0 unspecified atom stereocenters. The Labute approximate surface area is 217 Å². The Kier molecular flexibility index (Phi) is 10.3. The third-order valence-corrected chi connectivity index (χ3v) is 7.11. The van der Waals surface area contributed by atoms with Gasteiger partial charge in [-0.05, 0) is 32.5 Å². The third-order valence-electron chi connectivity index (χ3n) is 7.11. The highest BCUT2D eigenvalue weighted by Gasteiger charge is 2.49. The zero-order valence-electron chi connectivity index (χ0n) is 26.2. The summed E-state index contributed by atoms with van der Waals surface area (Å²) >= 11 is 0. The van der Waals surface area contributed by atoms with Crippen molar-refractivity contribution in [2.45, 2.75) is 150 Å². The average Bonchev–Trinajstić information content (AvgIpc) is 2.35. The van der Waals surface area contributed by atoms with E-state index in [0.29, 0.717) is 18.1 Å². The fourth-order valence-electron chi connectivity index (χ4n) is 8.51. The van der Waals surface area contributed by atoms with Crippen LogP contribution in [0, 0.1) is 32.5 Å². The summed E-state index contributed by atoms with van der Waals surface area (Å²) in [6.45, 7) is 46.9. The van der Waals surface area contributed by atoms with Crippen LogP contribution in [0.2, 0.25) is 0 Å². The molecule has 3 nitrogen and oxygen atoms in total. The van der Waals surface area contributed by atoms with Crippen molar-refractivity contribution < 1.29 is 0 Å². The first-order chi connectivity index (χ1) is 14.2. The number of hydrogen-bond donors (Lipinski definition) is 0. The molecule has 206 valence electrons. The first-order valence-corrected chi connectivity index (χ1v) is 13.4. The van der Waals surface area contributed by atoms with Crippen molar-refractivity contribution in [3.63, 3.8) is 0 Å². The predicted molar refractivity (Wildman–Crippen MR) is 155 cm³/mol. The van der Waals surface area contributed by atoms with E-state index in [-0.39, 0.29) is 39.9 Å². The average molecular weight is 482 g/mol. The molecule has 0 saturated carbocycles. The lowest BCUT2D eigenvalue weighted by molar-refractivity contribution is -0.170. The molecule has 0 aromatic heterocycles. The molecule has 1 heterocycles. The summed E-state index contributed by atoms with van der Waals surface area (Å²) in [5.41, 5.74) is 1.20. The van der Waals surface area contributed by atoms with Crippen LogP contribution in [0.15, 0.2) is 0 Å². The first-order valence-electron chi connectivity index (χ1n) is 13.4. The fourth-order valence-corrected chi connectivity index (χ4v) is 8.51. The second-order valence-corrected chi connectivity index (χ2v) is 17.6. The van der Waals surface area contributed by atoms with Crippen molar-refractivity contribution in [3.8, 4) is 0 Å². The molecular weight excluding hydrogens is 414 g/mol. The minimum atomic E-state index is 0. The van der Waals surface area contributed by atoms with Crippen LogP contribution in [0.3, 0.4) is 0 Å². The van der Waals surface area contributed by atoms with Crippen LogP contribution in [-0.2, 0) is 0 Å². The van der Waals surface area contributed by atoms with Crippen LogP contribution < -0.4 is 0 Å². The van der Waals surface area contributed by atoms with Gasteiger partial charge < -0.3 is 0 Å². The Balaban J connectivity index is 0.0000109. The smallest absolute Gasteiger partial charge is 0.0536 e. The maximum absolute atomic E-state index is 2.82. The van der Waals surface area contributed by atoms with E-state index in [4.69, 9.17) is 0 Å². The lowest BCUT2D eigenvalue weighted by Gasteiger charge is -2.60. The molecule has 0 N–H and O–H groups in total. The van der Waals surface area contributed by atoms with Gasteiger partial charge in [0.2, 0.25) is 0 Å². The molecular formula is C31H67N3. The Morgan fingerprint density at radius 1 is 0.324 bits per heavy atom. The summed E-state index contributed by atoms with van der Waals surface area (Å²) in [7, 11) is 0. The Morgan fingerprint density at radius 2 is 0.441 bits per heavy atom. The van der Waals surface area contributed by atoms with Crippen molar-refractivity contribution >= 4 is 0 Å². The molecule has 1 aliphatic rings. The minimum absolute atomic E-state index is 0. The standard InChI is InChI=1S/C30H63N3.CH4/c1-25(2,3)22(26(4,5)6)31-19-32(23(27(7,8)9)28(10,11)12)21-33(20-31)24(29(13,14)15)30(16,17)18;/h22-24H,19-21H2,1-18H3;1H4. The van der Waals surface area contributed by atoms with Crippen LogP contribution >= 0.6 is 0 Å². The molecule has 0 atom stereocenters. The van der Waals surface area contributed by atoms with Crippen molar-refractivity contribution in [2.75, 3.05) is 20.0 Å². The molecule has 0 spiro atoms. The number of hydrogen-bond acceptors (Lipinski definition) is 3. The van der Waals surface area contributed by atoms with E-state index >= 15 is 0 Å². The highest BCUT2D eigenvalue weighted by molar-refractivity contribution is 5.00. The Hall–Kier alpha value is -0.120. The van der Waals surface area contributed by atoms with Gasteiger partial charge in [-0.25, -0.2) is 0 Å². The zero-order valence-corrected chi connectivity index (χ0v) is 26.2. The molecule has 0 radical (unpaired) electrons. The van der Waals surface area contributed by atoms with E-state index in [0.717, 1.165) is 20.0 Å². The summed E-state index contributed by atoms with van der Waals surface area (Å²) in [4.78, 5) is 8.45. The van der Waals surface area contributed by atoms with E-state index in [1.807, 2.05) is 0 Å². The SMILES string of the molecule is C.CC(C)(C)C(N1CN(C(C(C)(C)C)C(C)(C)C)CN(C(C(C)(C)C)C(C)(C)C)C1)C(C)(C)C. The number of nitrogens with zero attached hydrogens (tertiary/aromatic N) is 3. The summed E-state index contributed by atoms with van der Waals surface area (Å²) in [6, 6.07) is 1.45. The van der Waals surface area contributed by atoms with Crippen molar-refractivity contribution in [1.82, 2.24) is 14.7 Å². The molecule has 3 heteroatoms. The maximum Gasteiger partial charge on any atom is 0.0536 e. The van der Waals surface area contributed by atoms with Gasteiger partial charge in [0.05, 0.1) is 20.0 Å². The summed E-state index contributed by atoms with van der Waals surface area (Å²) < 4.78 is 0. The zero-order chi connectivity index (χ0) is 26.6. The molecule has 1 rings (SSSR count). The van der Waals surface area contributed by atoms with Gasteiger partial charge in [0.25, 0.3) is 0 Å². The molecule has 1 saturated heterocycles. The topological polar surface area (TPSA) is 9.72 Å². The van der Waals surface area contributed by atoms with Crippen LogP contribution in [0.5, 0.6) is 0 Å². The highest BCUT2D eigenvalue weighted by Crippen LogP contribution is 2.45. The van der Waals surface area contributed by atoms with Gasteiger partial charge in [-0.3, -0.25) is 14.7 Å². The van der Waals surface area contributed by atoms with Gasteiger partial charge in [-0.2, -0.15) is 0 Å². The van der Waals surface area contributed by atoms with E-state index in [1.54, 1.807) is 0 Å². The summed E-state index contributed by atoms with van der Waals surface area (Å²) in [5, 5.41) is 0. The molecule has 34 heavy (non-hydrogen) atoms. The molecule has 1 aliphatic heterocycles. The van der Waals surface area contributed by atoms with Gasteiger partial charge in [0.1, 0.15) is 0 Å². The lowest BCUT2D eigenvalue weighted by Crippen LogP contribution is -2.70. The van der Waals surface area contributed by atoms with Gasteiger partial charge in [-0.15, -0.1) is 0 Å².